The smallest absolute Gasteiger partial charge is 0.246 e. The number of nitrogens with one attached hydrogen (secondary N) is 1. The van der Waals surface area contributed by atoms with Gasteiger partial charge in [-0.2, -0.15) is 0 Å². The van der Waals surface area contributed by atoms with Crippen LogP contribution in [-0.4, -0.2) is 44.5 Å². The quantitative estimate of drug-likeness (QED) is 0.763. The molecule has 0 bridgehead atoms. The minimum Gasteiger partial charge on any atom is -0.497 e. The molecule has 142 valence electrons. The number of nitrogens with zero attached hydrogens (tertiary/aromatic N) is 1. The van der Waals surface area contributed by atoms with Crippen molar-refractivity contribution >= 4 is 23.6 Å². The van der Waals surface area contributed by atoms with Crippen molar-refractivity contribution in [1.29, 1.82) is 0 Å². The van der Waals surface area contributed by atoms with E-state index in [-0.39, 0.29) is 18.4 Å². The van der Waals surface area contributed by atoms with Crippen molar-refractivity contribution in [3.05, 3.63) is 59.7 Å². The molecular formula is C21H24N2O4. The third-order valence-corrected chi connectivity index (χ3v) is 3.93. The molecule has 0 aliphatic carbocycles. The van der Waals surface area contributed by atoms with Crippen LogP contribution in [0.3, 0.4) is 0 Å². The number of benzene rings is 2. The zero-order valence-electron chi connectivity index (χ0n) is 16.0. The molecule has 0 aliphatic rings. The number of methoxy groups -OCH3 is 2. The average molecular weight is 368 g/mol. The van der Waals surface area contributed by atoms with Crippen LogP contribution in [0.25, 0.3) is 6.08 Å². The van der Waals surface area contributed by atoms with E-state index in [1.54, 1.807) is 45.5 Å². The zero-order valence-corrected chi connectivity index (χ0v) is 16.0. The third-order valence-electron chi connectivity index (χ3n) is 3.93. The Labute approximate surface area is 159 Å². The lowest BCUT2D eigenvalue weighted by atomic mass is 10.1. The van der Waals surface area contributed by atoms with Gasteiger partial charge in [0.2, 0.25) is 11.8 Å². The molecule has 27 heavy (non-hydrogen) atoms. The van der Waals surface area contributed by atoms with E-state index in [1.165, 1.54) is 11.0 Å². The predicted molar refractivity (Wildman–Crippen MR) is 106 cm³/mol. The van der Waals surface area contributed by atoms with Crippen LogP contribution in [0.4, 0.5) is 5.69 Å². The van der Waals surface area contributed by atoms with E-state index in [9.17, 15) is 9.59 Å². The maximum atomic E-state index is 12.3. The number of amides is 2. The molecule has 0 aliphatic heterocycles. The molecule has 0 unspecified atom stereocenters. The molecule has 6 heteroatoms. The minimum atomic E-state index is -0.293. The molecule has 0 atom stereocenters. The Balaban J connectivity index is 1.97. The molecule has 0 fully saturated rings. The maximum Gasteiger partial charge on any atom is 0.246 e. The topological polar surface area (TPSA) is 67.9 Å². The van der Waals surface area contributed by atoms with Crippen LogP contribution in [0.15, 0.2) is 48.5 Å². The summed E-state index contributed by atoms with van der Waals surface area (Å²) >= 11 is 0. The second-order valence-electron chi connectivity index (χ2n) is 6.05. The molecule has 0 radical (unpaired) electrons. The molecule has 6 nitrogen and oxygen atoms in total. The molecule has 2 aromatic rings. The van der Waals surface area contributed by atoms with Gasteiger partial charge in [0.15, 0.2) is 0 Å². The lowest BCUT2D eigenvalue weighted by Gasteiger charge is -2.15. The molecule has 1 N–H and O–H groups in total. The van der Waals surface area contributed by atoms with E-state index in [2.05, 4.69) is 5.32 Å². The third kappa shape index (κ3) is 5.88. The molecule has 0 saturated heterocycles. The number of rotatable bonds is 7. The standard InChI is InChI=1S/C21H24N2O4/c1-15-5-8-17(9-6-15)22-20(24)14-23(2)21(25)12-7-16-13-18(26-3)10-11-19(16)27-4/h5-13H,14H2,1-4H3,(H,22,24)/b12-7+. The predicted octanol–water partition coefficient (Wildman–Crippen LogP) is 3.12. The Morgan fingerprint density at radius 3 is 2.41 bits per heavy atom. The van der Waals surface area contributed by atoms with E-state index in [1.807, 2.05) is 31.2 Å². The zero-order chi connectivity index (χ0) is 19.8. The van der Waals surface area contributed by atoms with Gasteiger partial charge in [-0.15, -0.1) is 0 Å². The first kappa shape index (κ1) is 20.0. The first-order valence-electron chi connectivity index (χ1n) is 8.44. The summed E-state index contributed by atoms with van der Waals surface area (Å²) < 4.78 is 10.5. The number of hydrogen-bond donors (Lipinski definition) is 1. The summed E-state index contributed by atoms with van der Waals surface area (Å²) in [7, 11) is 4.70. The van der Waals surface area contributed by atoms with Gasteiger partial charge in [0.25, 0.3) is 0 Å². The normalized spacial score (nSPS) is 10.5. The van der Waals surface area contributed by atoms with Crippen molar-refractivity contribution in [2.75, 3.05) is 33.1 Å². The first-order valence-corrected chi connectivity index (χ1v) is 8.44. The van der Waals surface area contributed by atoms with E-state index < -0.39 is 0 Å². The molecule has 2 amide bonds. The molecule has 0 spiro atoms. The molecule has 2 rings (SSSR count). The number of aryl methyl sites for hydroxylation is 1. The molecular weight excluding hydrogens is 344 g/mol. The van der Waals surface area contributed by atoms with Gasteiger partial charge in [-0.3, -0.25) is 9.59 Å². The molecule has 0 aromatic heterocycles. The fourth-order valence-corrected chi connectivity index (χ4v) is 2.39. The molecule has 2 aromatic carbocycles. The molecule has 0 heterocycles. The number of likely N-dealkylation sites (N-methyl/N-ethyl adjacent to an activating group) is 1. The van der Waals surface area contributed by atoms with Crippen molar-refractivity contribution in [3.63, 3.8) is 0 Å². The second kappa shape index (κ2) is 9.43. The van der Waals surface area contributed by atoms with Crippen molar-refractivity contribution in [3.8, 4) is 11.5 Å². The number of ether oxygens (including phenoxy) is 2. The first-order chi connectivity index (χ1) is 12.9. The van der Waals surface area contributed by atoms with Crippen LogP contribution in [0.5, 0.6) is 11.5 Å². The summed E-state index contributed by atoms with van der Waals surface area (Å²) in [6.07, 6.45) is 3.04. The van der Waals surface area contributed by atoms with Gasteiger partial charge in [0.1, 0.15) is 11.5 Å². The summed E-state index contributed by atoms with van der Waals surface area (Å²) in [5.41, 5.74) is 2.52. The van der Waals surface area contributed by atoms with E-state index >= 15 is 0 Å². The Kier molecular flexibility index (Phi) is 7.00. The monoisotopic (exact) mass is 368 g/mol. The second-order valence-corrected chi connectivity index (χ2v) is 6.05. The summed E-state index contributed by atoms with van der Waals surface area (Å²) in [6.45, 7) is 1.92. The van der Waals surface area contributed by atoms with Crippen molar-refractivity contribution < 1.29 is 19.1 Å². The maximum absolute atomic E-state index is 12.3. The van der Waals surface area contributed by atoms with Gasteiger partial charge in [-0.05, 0) is 43.3 Å². The SMILES string of the molecule is COc1ccc(OC)c(/C=C/C(=O)N(C)CC(=O)Nc2ccc(C)cc2)c1. The lowest BCUT2D eigenvalue weighted by molar-refractivity contribution is -0.129. The highest BCUT2D eigenvalue weighted by Gasteiger charge is 2.11. The van der Waals surface area contributed by atoms with Gasteiger partial charge in [-0.25, -0.2) is 0 Å². The van der Waals surface area contributed by atoms with Crippen LogP contribution < -0.4 is 14.8 Å². The average Bonchev–Trinajstić information content (AvgIpc) is 2.67. The highest BCUT2D eigenvalue weighted by atomic mass is 16.5. The van der Waals surface area contributed by atoms with Crippen LogP contribution in [0.1, 0.15) is 11.1 Å². The number of carbonyl (C=O) groups is 2. The van der Waals surface area contributed by atoms with Gasteiger partial charge in [0.05, 0.1) is 20.8 Å². The van der Waals surface area contributed by atoms with Gasteiger partial charge < -0.3 is 19.7 Å². The van der Waals surface area contributed by atoms with Crippen molar-refractivity contribution in [2.24, 2.45) is 0 Å². The highest BCUT2D eigenvalue weighted by Crippen LogP contribution is 2.25. The fraction of sp³-hybridized carbons (Fsp3) is 0.238. The van der Waals surface area contributed by atoms with Crippen LogP contribution in [0.2, 0.25) is 0 Å². The molecule has 0 saturated carbocycles. The van der Waals surface area contributed by atoms with Crippen molar-refractivity contribution in [1.82, 2.24) is 4.90 Å². The summed E-state index contributed by atoms with van der Waals surface area (Å²) in [5.74, 6) is 0.731. The van der Waals surface area contributed by atoms with E-state index in [0.29, 0.717) is 22.7 Å². The Morgan fingerprint density at radius 1 is 1.07 bits per heavy atom. The number of carbonyl (C=O) groups excluding carboxylic acids is 2. The Morgan fingerprint density at radius 2 is 1.78 bits per heavy atom. The van der Waals surface area contributed by atoms with Gasteiger partial charge >= 0.3 is 0 Å². The van der Waals surface area contributed by atoms with Gasteiger partial charge in [-0.1, -0.05) is 17.7 Å². The van der Waals surface area contributed by atoms with E-state index in [0.717, 1.165) is 5.56 Å². The van der Waals surface area contributed by atoms with Gasteiger partial charge in [0, 0.05) is 24.4 Å². The summed E-state index contributed by atoms with van der Waals surface area (Å²) in [5, 5.41) is 2.77. The minimum absolute atomic E-state index is 0.0493. The van der Waals surface area contributed by atoms with Crippen LogP contribution >= 0.6 is 0 Å². The largest absolute Gasteiger partial charge is 0.497 e. The van der Waals surface area contributed by atoms with Crippen molar-refractivity contribution in [2.45, 2.75) is 6.92 Å². The lowest BCUT2D eigenvalue weighted by Crippen LogP contribution is -2.33. The summed E-state index contributed by atoms with van der Waals surface area (Å²) in [6, 6.07) is 12.8. The van der Waals surface area contributed by atoms with Crippen LogP contribution in [0, 0.1) is 6.92 Å². The fourth-order valence-electron chi connectivity index (χ4n) is 2.39. The highest BCUT2D eigenvalue weighted by molar-refractivity contribution is 5.98. The number of hydrogen-bond acceptors (Lipinski definition) is 4. The Hall–Kier alpha value is -3.28. The number of anilines is 1. The van der Waals surface area contributed by atoms with Crippen LogP contribution in [-0.2, 0) is 9.59 Å². The summed E-state index contributed by atoms with van der Waals surface area (Å²) in [4.78, 5) is 25.7. The van der Waals surface area contributed by atoms with E-state index in [4.69, 9.17) is 9.47 Å². The Bertz CT molecular complexity index is 829.